The molecule has 0 aliphatic heterocycles. The Labute approximate surface area is 118 Å². The molecule has 0 saturated carbocycles. The topological polar surface area (TPSA) is 59.4 Å². The molecule has 1 aromatic carbocycles. The predicted octanol–water partition coefficient (Wildman–Crippen LogP) is 3.49. The van der Waals surface area contributed by atoms with Gasteiger partial charge in [0, 0.05) is 11.8 Å². The van der Waals surface area contributed by atoms with Gasteiger partial charge < -0.3 is 9.84 Å². The Balaban J connectivity index is 2.33. The number of benzene rings is 1. The molecule has 5 heteroatoms. The number of aryl methyl sites for hydroxylation is 1. The summed E-state index contributed by atoms with van der Waals surface area (Å²) in [5.41, 5.74) is 1.04. The van der Waals surface area contributed by atoms with Gasteiger partial charge in [0.25, 0.3) is 0 Å². The van der Waals surface area contributed by atoms with Gasteiger partial charge in [0.1, 0.15) is 5.75 Å². The second-order valence-electron chi connectivity index (χ2n) is 3.67. The second kappa shape index (κ2) is 5.34. The third-order valence-corrected chi connectivity index (χ3v) is 3.15. The van der Waals surface area contributed by atoms with Crippen molar-refractivity contribution in [3.8, 4) is 11.6 Å². The van der Waals surface area contributed by atoms with E-state index >= 15 is 0 Å². The zero-order chi connectivity index (χ0) is 13.1. The highest BCUT2D eigenvalue weighted by Crippen LogP contribution is 2.26. The van der Waals surface area contributed by atoms with Gasteiger partial charge in [-0.05, 0) is 53.8 Å². The molecule has 2 rings (SSSR count). The van der Waals surface area contributed by atoms with Crippen molar-refractivity contribution >= 4 is 28.6 Å². The number of aromatic carboxylic acids is 1. The average molecular weight is 355 g/mol. The summed E-state index contributed by atoms with van der Waals surface area (Å²) in [5, 5.41) is 8.94. The first-order chi connectivity index (χ1) is 8.56. The minimum Gasteiger partial charge on any atom is -0.478 e. The van der Waals surface area contributed by atoms with Crippen molar-refractivity contribution < 1.29 is 14.6 Å². The van der Waals surface area contributed by atoms with Gasteiger partial charge in [-0.2, -0.15) is 0 Å². The Morgan fingerprint density at radius 1 is 1.33 bits per heavy atom. The lowest BCUT2D eigenvalue weighted by Gasteiger charge is -2.08. The molecule has 1 N–H and O–H groups in total. The van der Waals surface area contributed by atoms with Gasteiger partial charge in [0.15, 0.2) is 0 Å². The summed E-state index contributed by atoms with van der Waals surface area (Å²) in [6.07, 6.45) is 0. The number of nitrogens with zero attached hydrogens (tertiary/aromatic N) is 1. The Kier molecular flexibility index (Phi) is 3.81. The normalized spacial score (nSPS) is 10.1. The first-order valence-corrected chi connectivity index (χ1v) is 6.28. The molecule has 0 radical (unpaired) electrons. The number of carbonyl (C=O) groups is 1. The molecule has 2 aromatic rings. The summed E-state index contributed by atoms with van der Waals surface area (Å²) in [6.45, 7) is 1.87. The van der Waals surface area contributed by atoms with E-state index in [1.807, 2.05) is 19.1 Å². The summed E-state index contributed by atoms with van der Waals surface area (Å²) >= 11 is 2.09. The summed E-state index contributed by atoms with van der Waals surface area (Å²) in [5.74, 6) is -0.0301. The van der Waals surface area contributed by atoms with Gasteiger partial charge in [-0.25, -0.2) is 9.78 Å². The maximum Gasteiger partial charge on any atom is 0.335 e. The van der Waals surface area contributed by atoms with Crippen LogP contribution in [0, 0.1) is 10.5 Å². The van der Waals surface area contributed by atoms with E-state index in [0.717, 1.165) is 9.26 Å². The maximum absolute atomic E-state index is 10.9. The van der Waals surface area contributed by atoms with E-state index < -0.39 is 5.97 Å². The number of carboxylic acids is 1. The molecule has 0 aliphatic rings. The quantitative estimate of drug-likeness (QED) is 0.857. The highest BCUT2D eigenvalue weighted by molar-refractivity contribution is 14.1. The van der Waals surface area contributed by atoms with Crippen molar-refractivity contribution in [3.63, 3.8) is 0 Å². The highest BCUT2D eigenvalue weighted by Gasteiger charge is 2.09. The summed E-state index contributed by atoms with van der Waals surface area (Å²) in [4.78, 5) is 15.1. The van der Waals surface area contributed by atoms with Gasteiger partial charge in [-0.3, -0.25) is 0 Å². The van der Waals surface area contributed by atoms with Crippen LogP contribution in [0.1, 0.15) is 16.1 Å². The van der Waals surface area contributed by atoms with Crippen molar-refractivity contribution in [2.75, 3.05) is 0 Å². The summed E-state index contributed by atoms with van der Waals surface area (Å²) < 4.78 is 6.43. The number of carboxylic acid groups (broad SMARTS) is 1. The van der Waals surface area contributed by atoms with Crippen molar-refractivity contribution in [1.82, 2.24) is 4.98 Å². The molecule has 0 aliphatic carbocycles. The summed E-state index contributed by atoms with van der Waals surface area (Å²) in [7, 11) is 0. The Morgan fingerprint density at radius 2 is 2.11 bits per heavy atom. The number of rotatable bonds is 3. The Hall–Kier alpha value is -1.63. The predicted molar refractivity (Wildman–Crippen MR) is 75.2 cm³/mol. The molecule has 0 saturated heterocycles. The molecule has 0 spiro atoms. The minimum atomic E-state index is -0.978. The number of hydrogen-bond donors (Lipinski definition) is 1. The second-order valence-corrected chi connectivity index (χ2v) is 4.83. The van der Waals surface area contributed by atoms with Crippen LogP contribution in [0.3, 0.4) is 0 Å². The SMILES string of the molecule is Cc1cccc(Oc2cc(C(=O)O)ccc2I)n1. The molecule has 1 aromatic heterocycles. The molecule has 0 fully saturated rings. The number of halogens is 1. The largest absolute Gasteiger partial charge is 0.478 e. The van der Waals surface area contributed by atoms with Crippen LogP contribution < -0.4 is 4.74 Å². The number of ether oxygens (including phenoxy) is 1. The lowest BCUT2D eigenvalue weighted by atomic mass is 10.2. The molecular formula is C13H10INO3. The van der Waals surface area contributed by atoms with Crippen LogP contribution in [-0.2, 0) is 0 Å². The van der Waals surface area contributed by atoms with E-state index in [0.29, 0.717) is 11.6 Å². The minimum absolute atomic E-state index is 0.193. The van der Waals surface area contributed by atoms with Crippen LogP contribution in [0.5, 0.6) is 11.6 Å². The van der Waals surface area contributed by atoms with Gasteiger partial charge in [0.05, 0.1) is 9.13 Å². The fraction of sp³-hybridized carbons (Fsp3) is 0.0769. The zero-order valence-electron chi connectivity index (χ0n) is 9.55. The fourth-order valence-electron chi connectivity index (χ4n) is 1.40. The number of pyridine rings is 1. The first kappa shape index (κ1) is 12.8. The molecule has 18 heavy (non-hydrogen) atoms. The van der Waals surface area contributed by atoms with Gasteiger partial charge >= 0.3 is 5.97 Å². The molecular weight excluding hydrogens is 345 g/mol. The molecule has 1 heterocycles. The van der Waals surface area contributed by atoms with Crippen LogP contribution in [-0.4, -0.2) is 16.1 Å². The fourth-order valence-corrected chi connectivity index (χ4v) is 1.85. The van der Waals surface area contributed by atoms with Gasteiger partial charge in [-0.15, -0.1) is 0 Å². The van der Waals surface area contributed by atoms with E-state index in [2.05, 4.69) is 27.6 Å². The molecule has 0 unspecified atom stereocenters. The third-order valence-electron chi connectivity index (χ3n) is 2.26. The monoisotopic (exact) mass is 355 g/mol. The molecule has 0 bridgehead atoms. The maximum atomic E-state index is 10.9. The zero-order valence-corrected chi connectivity index (χ0v) is 11.7. The van der Waals surface area contributed by atoms with E-state index in [4.69, 9.17) is 9.84 Å². The molecule has 4 nitrogen and oxygen atoms in total. The van der Waals surface area contributed by atoms with Crippen LogP contribution in [0.15, 0.2) is 36.4 Å². The molecule has 0 amide bonds. The lowest BCUT2D eigenvalue weighted by Crippen LogP contribution is -1.98. The van der Waals surface area contributed by atoms with E-state index in [1.54, 1.807) is 18.2 Å². The standard InChI is InChI=1S/C13H10INO3/c1-8-3-2-4-12(15-8)18-11-7-9(13(16)17)5-6-10(11)14/h2-7H,1H3,(H,16,17). The Bertz CT molecular complexity index is 599. The molecule has 0 atom stereocenters. The number of aromatic nitrogens is 1. The van der Waals surface area contributed by atoms with Crippen LogP contribution in [0.4, 0.5) is 0 Å². The molecule has 92 valence electrons. The van der Waals surface area contributed by atoms with Crippen LogP contribution >= 0.6 is 22.6 Å². The Morgan fingerprint density at radius 3 is 2.78 bits per heavy atom. The first-order valence-electron chi connectivity index (χ1n) is 5.20. The highest BCUT2D eigenvalue weighted by atomic mass is 127. The van der Waals surface area contributed by atoms with E-state index in [9.17, 15) is 4.79 Å². The smallest absolute Gasteiger partial charge is 0.335 e. The third kappa shape index (κ3) is 2.98. The van der Waals surface area contributed by atoms with Crippen molar-refractivity contribution in [2.24, 2.45) is 0 Å². The van der Waals surface area contributed by atoms with Gasteiger partial charge in [0.2, 0.25) is 5.88 Å². The average Bonchev–Trinajstić information content (AvgIpc) is 2.31. The lowest BCUT2D eigenvalue weighted by molar-refractivity contribution is 0.0696. The van der Waals surface area contributed by atoms with E-state index in [1.165, 1.54) is 6.07 Å². The van der Waals surface area contributed by atoms with Crippen molar-refractivity contribution in [2.45, 2.75) is 6.92 Å². The van der Waals surface area contributed by atoms with Crippen LogP contribution in [0.2, 0.25) is 0 Å². The number of hydrogen-bond acceptors (Lipinski definition) is 3. The van der Waals surface area contributed by atoms with Crippen LogP contribution in [0.25, 0.3) is 0 Å². The van der Waals surface area contributed by atoms with Gasteiger partial charge in [-0.1, -0.05) is 6.07 Å². The van der Waals surface area contributed by atoms with E-state index in [-0.39, 0.29) is 5.56 Å². The van der Waals surface area contributed by atoms with Crippen molar-refractivity contribution in [1.29, 1.82) is 0 Å². The summed E-state index contributed by atoms with van der Waals surface area (Å²) in [6, 6.07) is 10.2. The van der Waals surface area contributed by atoms with Crippen molar-refractivity contribution in [3.05, 3.63) is 51.2 Å².